The molecule has 0 fully saturated rings. The molecule has 3 rings (SSSR count). The molecular weight excluding hydrogens is 217 g/mol. The molecule has 0 bridgehead atoms. The van der Waals surface area contributed by atoms with Crippen LogP contribution < -0.4 is 5.32 Å². The molecule has 17 heavy (non-hydrogen) atoms. The van der Waals surface area contributed by atoms with Crippen LogP contribution in [0.2, 0.25) is 0 Å². The number of nitrogens with one attached hydrogen (secondary N) is 1. The van der Waals surface area contributed by atoms with Crippen LogP contribution in [0.1, 0.15) is 18.7 Å². The zero-order valence-corrected chi connectivity index (χ0v) is 9.65. The maximum absolute atomic E-state index is 12.9. The Labute approximate surface area is 99.3 Å². The van der Waals surface area contributed by atoms with Crippen LogP contribution in [0, 0.1) is 5.82 Å². The molecule has 0 saturated carbocycles. The summed E-state index contributed by atoms with van der Waals surface area (Å²) in [6.45, 7) is 3.89. The van der Waals surface area contributed by atoms with E-state index in [0.717, 1.165) is 24.2 Å². The molecule has 4 heteroatoms. The van der Waals surface area contributed by atoms with Crippen molar-refractivity contribution in [3.63, 3.8) is 0 Å². The van der Waals surface area contributed by atoms with Gasteiger partial charge in [0.05, 0.1) is 17.9 Å². The number of nitrogens with zero attached hydrogens (tertiary/aromatic N) is 2. The smallest absolute Gasteiger partial charge is 0.123 e. The molecule has 0 radical (unpaired) electrons. The fourth-order valence-electron chi connectivity index (χ4n) is 2.30. The van der Waals surface area contributed by atoms with E-state index in [1.54, 1.807) is 12.1 Å². The van der Waals surface area contributed by atoms with E-state index in [-0.39, 0.29) is 5.82 Å². The lowest BCUT2D eigenvalue weighted by Gasteiger charge is -2.22. The molecule has 1 aliphatic heterocycles. The first-order valence-corrected chi connectivity index (χ1v) is 5.79. The second kappa shape index (κ2) is 3.96. The minimum absolute atomic E-state index is 0.207. The normalized spacial score (nSPS) is 19.1. The van der Waals surface area contributed by atoms with E-state index in [4.69, 9.17) is 0 Å². The van der Waals surface area contributed by atoms with Gasteiger partial charge in [0.25, 0.3) is 0 Å². The predicted molar refractivity (Wildman–Crippen MR) is 64.0 cm³/mol. The predicted octanol–water partition coefficient (Wildman–Crippen LogP) is 2.35. The van der Waals surface area contributed by atoms with Crippen molar-refractivity contribution in [2.24, 2.45) is 0 Å². The number of aromatic nitrogens is 2. The highest BCUT2D eigenvalue weighted by Crippen LogP contribution is 2.27. The molecule has 1 unspecified atom stereocenters. The quantitative estimate of drug-likeness (QED) is 0.816. The first-order chi connectivity index (χ1) is 8.25. The average molecular weight is 231 g/mol. The summed E-state index contributed by atoms with van der Waals surface area (Å²) in [6, 6.07) is 6.94. The Balaban J connectivity index is 2.07. The number of benzene rings is 1. The fraction of sp³-hybridized carbons (Fsp3) is 0.308. The number of fused-ring (bicyclic) bond motifs is 1. The lowest BCUT2D eigenvalue weighted by molar-refractivity contribution is 0.392. The summed E-state index contributed by atoms with van der Waals surface area (Å²) in [5, 5.41) is 7.78. The summed E-state index contributed by atoms with van der Waals surface area (Å²) in [6.07, 6.45) is 1.87. The van der Waals surface area contributed by atoms with E-state index in [9.17, 15) is 4.39 Å². The van der Waals surface area contributed by atoms with E-state index < -0.39 is 0 Å². The number of rotatable bonds is 1. The van der Waals surface area contributed by atoms with Crippen LogP contribution in [0.4, 0.5) is 4.39 Å². The van der Waals surface area contributed by atoms with Gasteiger partial charge in [0.1, 0.15) is 5.82 Å². The molecule has 0 spiro atoms. The third-order valence-corrected chi connectivity index (χ3v) is 3.20. The Morgan fingerprint density at radius 2 is 2.12 bits per heavy atom. The third kappa shape index (κ3) is 1.74. The standard InChI is InChI=1S/C13H14FN3/c1-9-6-15-8-13-12(7-16-17(9)13)10-2-4-11(14)5-3-10/h2-5,7,9,15H,6,8H2,1H3. The Bertz CT molecular complexity index is 530. The maximum Gasteiger partial charge on any atom is 0.123 e. The van der Waals surface area contributed by atoms with Gasteiger partial charge in [-0.1, -0.05) is 12.1 Å². The van der Waals surface area contributed by atoms with Crippen molar-refractivity contribution in [1.82, 2.24) is 15.1 Å². The van der Waals surface area contributed by atoms with Crippen LogP contribution in [0.25, 0.3) is 11.1 Å². The Kier molecular flexibility index (Phi) is 2.44. The summed E-state index contributed by atoms with van der Waals surface area (Å²) in [7, 11) is 0. The molecule has 1 atom stereocenters. The molecule has 1 aromatic heterocycles. The van der Waals surface area contributed by atoms with Gasteiger partial charge in [-0.3, -0.25) is 4.68 Å². The topological polar surface area (TPSA) is 29.9 Å². The lowest BCUT2D eigenvalue weighted by atomic mass is 10.1. The highest BCUT2D eigenvalue weighted by Gasteiger charge is 2.20. The van der Waals surface area contributed by atoms with Gasteiger partial charge in [0.15, 0.2) is 0 Å². The van der Waals surface area contributed by atoms with Crippen LogP contribution in [0.5, 0.6) is 0 Å². The van der Waals surface area contributed by atoms with E-state index in [1.165, 1.54) is 17.8 Å². The first-order valence-electron chi connectivity index (χ1n) is 5.79. The Morgan fingerprint density at radius 3 is 2.88 bits per heavy atom. The minimum atomic E-state index is -0.207. The largest absolute Gasteiger partial charge is 0.309 e. The number of hydrogen-bond acceptors (Lipinski definition) is 2. The summed E-state index contributed by atoms with van der Waals surface area (Å²) in [5.74, 6) is -0.207. The van der Waals surface area contributed by atoms with Crippen molar-refractivity contribution in [3.8, 4) is 11.1 Å². The molecular formula is C13H14FN3. The highest BCUT2D eigenvalue weighted by molar-refractivity contribution is 5.65. The lowest BCUT2D eigenvalue weighted by Crippen LogP contribution is -2.32. The summed E-state index contributed by atoms with van der Waals surface area (Å²) >= 11 is 0. The van der Waals surface area contributed by atoms with Gasteiger partial charge in [-0.2, -0.15) is 5.10 Å². The van der Waals surface area contributed by atoms with Crippen LogP contribution >= 0.6 is 0 Å². The van der Waals surface area contributed by atoms with Gasteiger partial charge in [0, 0.05) is 18.7 Å². The van der Waals surface area contributed by atoms with E-state index in [2.05, 4.69) is 22.0 Å². The molecule has 0 saturated heterocycles. The molecule has 2 aromatic rings. The van der Waals surface area contributed by atoms with Gasteiger partial charge in [0.2, 0.25) is 0 Å². The van der Waals surface area contributed by atoms with Gasteiger partial charge in [-0.15, -0.1) is 0 Å². The van der Waals surface area contributed by atoms with Crippen LogP contribution in [0.3, 0.4) is 0 Å². The number of hydrogen-bond donors (Lipinski definition) is 1. The number of halogens is 1. The fourth-order valence-corrected chi connectivity index (χ4v) is 2.30. The van der Waals surface area contributed by atoms with E-state index >= 15 is 0 Å². The van der Waals surface area contributed by atoms with Crippen molar-refractivity contribution in [2.45, 2.75) is 19.5 Å². The van der Waals surface area contributed by atoms with Crippen molar-refractivity contribution >= 4 is 0 Å². The van der Waals surface area contributed by atoms with Crippen molar-refractivity contribution < 1.29 is 4.39 Å². The van der Waals surface area contributed by atoms with Gasteiger partial charge in [-0.05, 0) is 24.6 Å². The first kappa shape index (κ1) is 10.5. The molecule has 2 heterocycles. The van der Waals surface area contributed by atoms with Crippen LogP contribution in [0.15, 0.2) is 30.5 Å². The van der Waals surface area contributed by atoms with Crippen molar-refractivity contribution in [3.05, 3.63) is 42.0 Å². The van der Waals surface area contributed by atoms with Crippen LogP contribution in [-0.4, -0.2) is 16.3 Å². The third-order valence-electron chi connectivity index (χ3n) is 3.20. The summed E-state index contributed by atoms with van der Waals surface area (Å²) < 4.78 is 14.9. The minimum Gasteiger partial charge on any atom is -0.309 e. The monoisotopic (exact) mass is 231 g/mol. The maximum atomic E-state index is 12.9. The van der Waals surface area contributed by atoms with Crippen LogP contribution in [-0.2, 0) is 6.54 Å². The van der Waals surface area contributed by atoms with E-state index in [0.29, 0.717) is 6.04 Å². The average Bonchev–Trinajstić information content (AvgIpc) is 2.75. The molecule has 1 aromatic carbocycles. The van der Waals surface area contributed by atoms with E-state index in [1.807, 2.05) is 6.20 Å². The molecule has 1 N–H and O–H groups in total. The zero-order chi connectivity index (χ0) is 11.8. The Morgan fingerprint density at radius 1 is 1.35 bits per heavy atom. The van der Waals surface area contributed by atoms with Crippen molar-refractivity contribution in [2.75, 3.05) is 6.54 Å². The Hall–Kier alpha value is -1.68. The molecule has 1 aliphatic rings. The second-order valence-corrected chi connectivity index (χ2v) is 4.44. The summed E-state index contributed by atoms with van der Waals surface area (Å²) in [4.78, 5) is 0. The zero-order valence-electron chi connectivity index (χ0n) is 9.65. The van der Waals surface area contributed by atoms with Gasteiger partial charge in [-0.25, -0.2) is 4.39 Å². The highest BCUT2D eigenvalue weighted by atomic mass is 19.1. The second-order valence-electron chi connectivity index (χ2n) is 4.44. The summed E-state index contributed by atoms with van der Waals surface area (Å²) in [5.41, 5.74) is 3.28. The van der Waals surface area contributed by atoms with Gasteiger partial charge >= 0.3 is 0 Å². The molecule has 3 nitrogen and oxygen atoms in total. The molecule has 0 amide bonds. The molecule has 88 valence electrons. The SMILES string of the molecule is CC1CNCc2c(-c3ccc(F)cc3)cnn21. The van der Waals surface area contributed by atoms with Crippen molar-refractivity contribution in [1.29, 1.82) is 0 Å². The van der Waals surface area contributed by atoms with Gasteiger partial charge < -0.3 is 5.32 Å². The molecule has 0 aliphatic carbocycles.